The lowest BCUT2D eigenvalue weighted by molar-refractivity contribution is -0.119. The zero-order chi connectivity index (χ0) is 38.8. The predicted molar refractivity (Wildman–Crippen MR) is 127 cm³/mol. The van der Waals surface area contributed by atoms with Crippen LogP contribution in [0.25, 0.3) is 5.69 Å². The van der Waals surface area contributed by atoms with Gasteiger partial charge in [0, 0.05) is 50.1 Å². The van der Waals surface area contributed by atoms with Gasteiger partial charge in [0.15, 0.2) is 5.69 Å². The first-order valence-corrected chi connectivity index (χ1v) is 9.54. The second-order valence-electron chi connectivity index (χ2n) is 6.84. The lowest BCUT2D eigenvalue weighted by atomic mass is 10.0. The second-order valence-corrected chi connectivity index (χ2v) is 6.84. The van der Waals surface area contributed by atoms with Gasteiger partial charge in [-0.05, 0) is 67.6 Å². The number of aromatic nitrogens is 2. The summed E-state index contributed by atoms with van der Waals surface area (Å²) in [7, 11) is -2.82. The molecule has 0 saturated carbocycles. The van der Waals surface area contributed by atoms with E-state index in [2.05, 4.69) is 5.10 Å². The van der Waals surface area contributed by atoms with Crippen LogP contribution in [0.2, 0.25) is 0 Å². The van der Waals surface area contributed by atoms with Crippen LogP contribution in [0, 0.1) is 0 Å². The van der Waals surface area contributed by atoms with Crippen molar-refractivity contribution in [3.8, 4) is 11.4 Å². The van der Waals surface area contributed by atoms with Crippen LogP contribution < -0.4 is 20.3 Å². The fraction of sp³-hybridized carbons (Fsp3) is 0.280. The van der Waals surface area contributed by atoms with Crippen LogP contribution in [0.3, 0.4) is 0 Å². The third kappa shape index (κ3) is 3.68. The largest absolute Gasteiger partial charge is 0.497 e. The highest BCUT2D eigenvalue weighted by molar-refractivity contribution is 6.09. The maximum Gasteiger partial charge on any atom is 0.277 e. The number of rotatable bonds is 5. The third-order valence-corrected chi connectivity index (χ3v) is 4.87. The Morgan fingerprint density at radius 3 is 2.44 bits per heavy atom. The average Bonchev–Trinajstić information content (AvgIpc) is 3.42. The lowest BCUT2D eigenvalue weighted by Gasteiger charge is -2.29. The zero-order valence-corrected chi connectivity index (χ0v) is 17.0. The summed E-state index contributed by atoms with van der Waals surface area (Å²) in [6.45, 7) is -4.87. The molecule has 0 unspecified atom stereocenters. The van der Waals surface area contributed by atoms with E-state index in [1.807, 2.05) is 0 Å². The molecular formula is C25H25N5O4. The number of carbonyl (C=O) groups excluding carboxylic acids is 3. The maximum absolute atomic E-state index is 14.2. The molecule has 174 valence electrons. The number of piperidine rings is 1. The Kier molecular flexibility index (Phi) is 2.45. The summed E-state index contributed by atoms with van der Waals surface area (Å²) in [5.74, 6) is -4.71. The fourth-order valence-electron chi connectivity index (χ4n) is 3.31. The monoisotopic (exact) mass is 476 g/mol. The summed E-state index contributed by atoms with van der Waals surface area (Å²) < 4.78 is 144. The molecule has 3 heterocycles. The van der Waals surface area contributed by atoms with Gasteiger partial charge >= 0.3 is 0 Å². The predicted octanol–water partition coefficient (Wildman–Crippen LogP) is 2.70. The number of hydrogen-bond donors (Lipinski definition) is 1. The number of benzene rings is 2. The topological polar surface area (TPSA) is 111 Å². The van der Waals surface area contributed by atoms with Gasteiger partial charge in [-0.15, -0.1) is 0 Å². The summed E-state index contributed by atoms with van der Waals surface area (Å²) in [6.07, 6.45) is -14.1. The van der Waals surface area contributed by atoms with Crippen molar-refractivity contribution in [1.82, 2.24) is 9.78 Å². The number of amides is 3. The SMILES string of the molecule is [2H]c1c([2H])c(N2C(=O)C([2H])([2H])C([2H])([2H])C([2H])([2H])C2([2H])[2H])c([2H])c([2H])c1N1CC([2H])([2H])c2c(C(N)=O)nn(-c3ccc(OC([2H])([2H])[2H])cc3)c2C1=O. The summed E-state index contributed by atoms with van der Waals surface area (Å²) >= 11 is 0. The Morgan fingerprint density at radius 2 is 1.76 bits per heavy atom. The van der Waals surface area contributed by atoms with Crippen LogP contribution >= 0.6 is 0 Å². The molecular weight excluding hydrogens is 434 g/mol. The van der Waals surface area contributed by atoms with Gasteiger partial charge in [0.2, 0.25) is 5.91 Å². The van der Waals surface area contributed by atoms with Crippen LogP contribution in [0.15, 0.2) is 48.4 Å². The zero-order valence-electron chi connectivity index (χ0n) is 34.0. The molecule has 1 aromatic heterocycles. The molecule has 0 aliphatic carbocycles. The summed E-state index contributed by atoms with van der Waals surface area (Å²) in [4.78, 5) is 40.0. The smallest absolute Gasteiger partial charge is 0.277 e. The van der Waals surface area contributed by atoms with Gasteiger partial charge in [0.25, 0.3) is 11.8 Å². The highest BCUT2D eigenvalue weighted by Gasteiger charge is 2.34. The fourth-order valence-corrected chi connectivity index (χ4v) is 3.31. The highest BCUT2D eigenvalue weighted by Crippen LogP contribution is 2.31. The van der Waals surface area contributed by atoms with E-state index in [9.17, 15) is 14.4 Å². The Balaban J connectivity index is 1.71. The molecule has 5 rings (SSSR count). The van der Waals surface area contributed by atoms with Gasteiger partial charge in [-0.2, -0.15) is 5.10 Å². The molecule has 1 saturated heterocycles. The minimum absolute atomic E-state index is 0.0493. The number of nitrogens with two attached hydrogens (primary N) is 1. The number of anilines is 2. The third-order valence-electron chi connectivity index (χ3n) is 4.87. The molecule has 1 fully saturated rings. The number of carbonyl (C=O) groups is 3. The van der Waals surface area contributed by atoms with E-state index in [0.717, 1.165) is 16.8 Å². The highest BCUT2D eigenvalue weighted by atomic mass is 16.5. The van der Waals surface area contributed by atoms with Crippen molar-refractivity contribution in [3.63, 3.8) is 0 Å². The molecule has 2 aliphatic rings. The van der Waals surface area contributed by atoms with Crippen LogP contribution in [0.1, 0.15) is 69.0 Å². The molecule has 9 nitrogen and oxygen atoms in total. The molecule has 0 spiro atoms. The van der Waals surface area contributed by atoms with Crippen molar-refractivity contribution in [2.24, 2.45) is 5.73 Å². The molecule has 3 amide bonds. The number of primary amides is 1. The Labute approximate surface area is 220 Å². The first kappa shape index (κ1) is 9.61. The molecule has 0 bridgehead atoms. The number of nitrogens with zero attached hydrogens (tertiary/aromatic N) is 4. The minimum Gasteiger partial charge on any atom is -0.497 e. The lowest BCUT2D eigenvalue weighted by Crippen LogP contribution is -2.39. The Hall–Kier alpha value is -4.14. The van der Waals surface area contributed by atoms with E-state index in [0.29, 0.717) is 4.90 Å². The summed E-state index contributed by atoms with van der Waals surface area (Å²) in [6, 6.07) is -0.244. The number of fused-ring (bicyclic) bond motifs is 1. The van der Waals surface area contributed by atoms with Crippen molar-refractivity contribution in [1.29, 1.82) is 0 Å². The number of hydrogen-bond acceptors (Lipinski definition) is 5. The van der Waals surface area contributed by atoms with Crippen LogP contribution in [0.5, 0.6) is 5.75 Å². The van der Waals surface area contributed by atoms with E-state index < -0.39 is 116 Å². The van der Waals surface area contributed by atoms with E-state index in [1.54, 1.807) is 0 Å². The van der Waals surface area contributed by atoms with Gasteiger partial charge in [-0.25, -0.2) is 4.68 Å². The molecule has 9 heteroatoms. The van der Waals surface area contributed by atoms with Crippen molar-refractivity contribution in [2.45, 2.75) is 25.5 Å². The van der Waals surface area contributed by atoms with E-state index in [-0.39, 0.29) is 16.3 Å². The van der Waals surface area contributed by atoms with Gasteiger partial charge < -0.3 is 20.3 Å². The number of ether oxygens (including phenoxy) is 1. The first-order valence-electron chi connectivity index (χ1n) is 18.0. The van der Waals surface area contributed by atoms with Crippen molar-refractivity contribution >= 4 is 29.1 Å². The Bertz CT molecular complexity index is 1980. The summed E-state index contributed by atoms with van der Waals surface area (Å²) in [5, 5.41) is 4.01. The molecule has 0 atom stereocenters. The van der Waals surface area contributed by atoms with Crippen LogP contribution in [-0.2, 0) is 11.2 Å². The minimum atomic E-state index is -3.83. The molecule has 2 aliphatic heterocycles. The van der Waals surface area contributed by atoms with E-state index >= 15 is 0 Å². The van der Waals surface area contributed by atoms with Crippen molar-refractivity contribution < 1.29 is 42.4 Å². The second kappa shape index (κ2) is 8.66. The normalized spacial score (nSPS) is 31.0. The van der Waals surface area contributed by atoms with Crippen molar-refractivity contribution in [3.05, 3.63) is 65.4 Å². The van der Waals surface area contributed by atoms with E-state index in [1.165, 1.54) is 12.1 Å². The molecule has 34 heavy (non-hydrogen) atoms. The Morgan fingerprint density at radius 1 is 1.06 bits per heavy atom. The van der Waals surface area contributed by atoms with Crippen LogP contribution in [0.4, 0.5) is 11.4 Å². The van der Waals surface area contributed by atoms with Gasteiger partial charge in [0.1, 0.15) is 11.4 Å². The van der Waals surface area contributed by atoms with Gasteiger partial charge in [0.05, 0.1) is 22.3 Å². The average molecular weight is 477 g/mol. The molecule has 0 radical (unpaired) electrons. The standard InChI is InChI=1S/C25H25N5O4/c1-34-19-11-9-18(10-12-19)30-23-20(22(27-30)24(26)32)13-15-29(25(23)33)17-7-5-16(6-8-17)28-14-3-2-4-21(28)31/h5-12H,2-4,13-15H2,1H3,(H2,26,32)/i1D3,2D2,3D2,4D2,5D,6D,7D,8D,13D2,14D2. The number of methoxy groups -OCH3 is 1. The van der Waals surface area contributed by atoms with Crippen LogP contribution in [-0.4, -0.2) is 47.6 Å². The van der Waals surface area contributed by atoms with Gasteiger partial charge in [-0.1, -0.05) is 0 Å². The summed E-state index contributed by atoms with van der Waals surface area (Å²) in [5.41, 5.74) is 1.24. The maximum atomic E-state index is 14.2. The molecule has 2 aromatic carbocycles. The quantitative estimate of drug-likeness (QED) is 0.609. The van der Waals surface area contributed by atoms with Gasteiger partial charge in [-0.3, -0.25) is 14.4 Å². The first-order chi connectivity index (χ1) is 23.0. The van der Waals surface area contributed by atoms with Crippen molar-refractivity contribution in [2.75, 3.05) is 29.9 Å². The van der Waals surface area contributed by atoms with E-state index in [4.69, 9.17) is 33.8 Å². The molecule has 2 N–H and O–H groups in total. The molecule has 3 aromatic rings.